The summed E-state index contributed by atoms with van der Waals surface area (Å²) in [6.07, 6.45) is 2.62. The molecule has 8 heteroatoms. The summed E-state index contributed by atoms with van der Waals surface area (Å²) in [5, 5.41) is 3.58. The van der Waals surface area contributed by atoms with Gasteiger partial charge in [-0.05, 0) is 30.3 Å². The van der Waals surface area contributed by atoms with Crippen LogP contribution in [0.1, 0.15) is 12.8 Å². The van der Waals surface area contributed by atoms with Crippen molar-refractivity contribution >= 4 is 23.6 Å². The number of ether oxygens (including phenoxy) is 1. The lowest BCUT2D eigenvalue weighted by molar-refractivity contribution is -0.136. The predicted octanol–water partition coefficient (Wildman–Crippen LogP) is 0.181. The molecule has 1 amide bonds. The smallest absolute Gasteiger partial charge is 0.236 e. The zero-order chi connectivity index (χ0) is 18.2. The molecule has 3 aliphatic rings. The van der Waals surface area contributed by atoms with Gasteiger partial charge < -0.3 is 19.9 Å². The van der Waals surface area contributed by atoms with Gasteiger partial charge in [0, 0.05) is 52.9 Å². The number of morpholine rings is 1. The van der Waals surface area contributed by atoms with Crippen molar-refractivity contribution in [1.82, 2.24) is 20.0 Å². The molecule has 0 aromatic rings. The third-order valence-electron chi connectivity index (χ3n) is 5.50. The van der Waals surface area contributed by atoms with E-state index in [4.69, 9.17) is 4.74 Å². The number of hydrogen-bond acceptors (Lipinski definition) is 5. The van der Waals surface area contributed by atoms with Crippen LogP contribution in [-0.2, 0) is 9.53 Å². The fourth-order valence-corrected chi connectivity index (χ4v) is 4.94. The predicted molar refractivity (Wildman–Crippen MR) is 107 cm³/mol. The molecular weight excluding hydrogens is 350 g/mol. The molecule has 0 bridgehead atoms. The van der Waals surface area contributed by atoms with E-state index >= 15 is 0 Å². The van der Waals surface area contributed by atoms with Gasteiger partial charge in [-0.3, -0.25) is 14.7 Å². The van der Waals surface area contributed by atoms with Crippen LogP contribution in [0.3, 0.4) is 0 Å². The van der Waals surface area contributed by atoms with Crippen LogP contribution in [0.15, 0.2) is 4.99 Å². The Morgan fingerprint density at radius 3 is 2.42 bits per heavy atom. The second-order valence-corrected chi connectivity index (χ2v) is 8.46. The third kappa shape index (κ3) is 5.76. The molecule has 3 saturated heterocycles. The molecule has 1 N–H and O–H groups in total. The van der Waals surface area contributed by atoms with Crippen LogP contribution in [0.2, 0.25) is 0 Å². The second kappa shape index (κ2) is 10.4. The summed E-state index contributed by atoms with van der Waals surface area (Å²) in [5.41, 5.74) is 0. The van der Waals surface area contributed by atoms with E-state index in [-0.39, 0.29) is 5.91 Å². The SMILES string of the molecule is CN=C(NCC1CCSCC1)N1CCN(CC(=O)N2CCOCC2)CC1. The summed E-state index contributed by atoms with van der Waals surface area (Å²) in [5.74, 6) is 4.61. The molecule has 0 aromatic heterocycles. The fraction of sp³-hybridized carbons (Fsp3) is 0.889. The van der Waals surface area contributed by atoms with Crippen molar-refractivity contribution in [2.75, 3.05) is 84.1 Å². The first-order valence-electron chi connectivity index (χ1n) is 9.87. The monoisotopic (exact) mass is 383 g/mol. The Labute approximate surface area is 161 Å². The Kier molecular flexibility index (Phi) is 7.88. The number of aliphatic imine (C=N–C) groups is 1. The number of rotatable bonds is 4. The minimum atomic E-state index is 0.236. The van der Waals surface area contributed by atoms with Gasteiger partial charge in [0.15, 0.2) is 5.96 Å². The molecule has 0 aliphatic carbocycles. The Bertz CT molecular complexity index is 470. The Hall–Kier alpha value is -0.990. The molecule has 0 spiro atoms. The van der Waals surface area contributed by atoms with E-state index in [1.54, 1.807) is 0 Å². The molecule has 3 aliphatic heterocycles. The molecule has 148 valence electrons. The Morgan fingerprint density at radius 2 is 1.77 bits per heavy atom. The molecule has 3 fully saturated rings. The maximum Gasteiger partial charge on any atom is 0.236 e. The maximum absolute atomic E-state index is 12.4. The number of guanidine groups is 1. The quantitative estimate of drug-likeness (QED) is 0.552. The summed E-state index contributed by atoms with van der Waals surface area (Å²) < 4.78 is 5.32. The largest absolute Gasteiger partial charge is 0.378 e. The number of amides is 1. The molecule has 3 heterocycles. The zero-order valence-corrected chi connectivity index (χ0v) is 16.8. The van der Waals surface area contributed by atoms with Gasteiger partial charge in [0.25, 0.3) is 0 Å². The fourth-order valence-electron chi connectivity index (χ4n) is 3.74. The van der Waals surface area contributed by atoms with E-state index in [1.807, 2.05) is 11.9 Å². The van der Waals surface area contributed by atoms with Gasteiger partial charge >= 0.3 is 0 Å². The molecule has 0 radical (unpaired) electrons. The van der Waals surface area contributed by atoms with Gasteiger partial charge in [0.05, 0.1) is 19.8 Å². The summed E-state index contributed by atoms with van der Waals surface area (Å²) in [4.78, 5) is 23.4. The van der Waals surface area contributed by atoms with Crippen LogP contribution in [0.4, 0.5) is 0 Å². The van der Waals surface area contributed by atoms with Crippen molar-refractivity contribution in [1.29, 1.82) is 0 Å². The van der Waals surface area contributed by atoms with Crippen molar-refractivity contribution in [3.05, 3.63) is 0 Å². The first-order valence-corrected chi connectivity index (χ1v) is 11.0. The first kappa shape index (κ1) is 19.8. The molecule has 0 atom stereocenters. The van der Waals surface area contributed by atoms with E-state index in [9.17, 15) is 4.79 Å². The molecule has 0 aromatic carbocycles. The minimum Gasteiger partial charge on any atom is -0.378 e. The standard InChI is InChI=1S/C18H33N5O2S/c1-19-18(20-14-16-2-12-26-13-3-16)23-6-4-21(5-7-23)15-17(24)22-8-10-25-11-9-22/h16H,2-15H2,1H3,(H,19,20). The number of nitrogens with zero attached hydrogens (tertiary/aromatic N) is 4. The lowest BCUT2D eigenvalue weighted by Crippen LogP contribution is -2.55. The van der Waals surface area contributed by atoms with Crippen LogP contribution in [0.25, 0.3) is 0 Å². The summed E-state index contributed by atoms with van der Waals surface area (Å²) >= 11 is 2.07. The first-order chi connectivity index (χ1) is 12.8. The zero-order valence-electron chi connectivity index (χ0n) is 16.0. The molecular formula is C18H33N5O2S. The van der Waals surface area contributed by atoms with Crippen LogP contribution < -0.4 is 5.32 Å². The summed E-state index contributed by atoms with van der Waals surface area (Å²) in [6, 6.07) is 0. The maximum atomic E-state index is 12.4. The number of carbonyl (C=O) groups is 1. The van der Waals surface area contributed by atoms with E-state index in [2.05, 4.69) is 31.9 Å². The Morgan fingerprint density at radius 1 is 1.08 bits per heavy atom. The van der Waals surface area contributed by atoms with E-state index in [0.29, 0.717) is 19.8 Å². The van der Waals surface area contributed by atoms with Gasteiger partial charge in [0.1, 0.15) is 0 Å². The molecule has 0 saturated carbocycles. The molecule has 3 rings (SSSR count). The number of hydrogen-bond donors (Lipinski definition) is 1. The highest BCUT2D eigenvalue weighted by atomic mass is 32.2. The van der Waals surface area contributed by atoms with Crippen LogP contribution in [0.5, 0.6) is 0 Å². The number of piperazine rings is 1. The van der Waals surface area contributed by atoms with Crippen molar-refractivity contribution in [3.63, 3.8) is 0 Å². The van der Waals surface area contributed by atoms with Gasteiger partial charge in [0.2, 0.25) is 5.91 Å². The van der Waals surface area contributed by atoms with Crippen LogP contribution >= 0.6 is 11.8 Å². The second-order valence-electron chi connectivity index (χ2n) is 7.24. The lowest BCUT2D eigenvalue weighted by atomic mass is 10.0. The summed E-state index contributed by atoms with van der Waals surface area (Å²) in [6.45, 7) is 8.04. The molecule has 0 unspecified atom stereocenters. The van der Waals surface area contributed by atoms with E-state index in [1.165, 1.54) is 24.3 Å². The van der Waals surface area contributed by atoms with E-state index in [0.717, 1.165) is 57.7 Å². The van der Waals surface area contributed by atoms with Gasteiger partial charge in [-0.15, -0.1) is 0 Å². The lowest BCUT2D eigenvalue weighted by Gasteiger charge is -2.37. The number of carbonyl (C=O) groups excluding carboxylic acids is 1. The average molecular weight is 384 g/mol. The highest BCUT2D eigenvalue weighted by Gasteiger charge is 2.24. The van der Waals surface area contributed by atoms with E-state index < -0.39 is 0 Å². The highest BCUT2D eigenvalue weighted by Crippen LogP contribution is 2.21. The minimum absolute atomic E-state index is 0.236. The van der Waals surface area contributed by atoms with Gasteiger partial charge in [-0.1, -0.05) is 0 Å². The van der Waals surface area contributed by atoms with Crippen molar-refractivity contribution in [2.24, 2.45) is 10.9 Å². The van der Waals surface area contributed by atoms with Gasteiger partial charge in [-0.2, -0.15) is 11.8 Å². The summed E-state index contributed by atoms with van der Waals surface area (Å²) in [7, 11) is 1.87. The Balaban J connectivity index is 1.38. The number of nitrogens with one attached hydrogen (secondary N) is 1. The van der Waals surface area contributed by atoms with Gasteiger partial charge in [-0.25, -0.2) is 0 Å². The third-order valence-corrected chi connectivity index (χ3v) is 6.54. The van der Waals surface area contributed by atoms with Crippen LogP contribution in [-0.4, -0.2) is 111 Å². The van der Waals surface area contributed by atoms with Crippen molar-refractivity contribution in [3.8, 4) is 0 Å². The normalized spacial score (nSPS) is 24.0. The number of thioether (sulfide) groups is 1. The highest BCUT2D eigenvalue weighted by molar-refractivity contribution is 7.99. The van der Waals surface area contributed by atoms with Crippen molar-refractivity contribution in [2.45, 2.75) is 12.8 Å². The average Bonchev–Trinajstić information content (AvgIpc) is 2.71. The van der Waals surface area contributed by atoms with Crippen LogP contribution in [0, 0.1) is 5.92 Å². The topological polar surface area (TPSA) is 60.4 Å². The molecule has 7 nitrogen and oxygen atoms in total. The molecule has 26 heavy (non-hydrogen) atoms. The van der Waals surface area contributed by atoms with Crippen molar-refractivity contribution < 1.29 is 9.53 Å².